The van der Waals surface area contributed by atoms with Crippen LogP contribution in [0.15, 0.2) is 88.1 Å². The van der Waals surface area contributed by atoms with Gasteiger partial charge in [0.25, 0.3) is 0 Å². The minimum atomic E-state index is -0.651. The van der Waals surface area contributed by atoms with E-state index in [9.17, 15) is 9.90 Å². The highest BCUT2D eigenvalue weighted by Crippen LogP contribution is 2.36. The molecule has 1 aliphatic heterocycles. The SMILES string of the molecule is CC(O)COc1cccc2oc(-c3ccccc3)c(C3CNCCN3c3ccccc3)c(=O)c12. The molecule has 2 heterocycles. The summed E-state index contributed by atoms with van der Waals surface area (Å²) in [7, 11) is 0. The molecule has 0 amide bonds. The predicted octanol–water partition coefficient (Wildman–Crippen LogP) is 4.37. The van der Waals surface area contributed by atoms with Gasteiger partial charge in [-0.3, -0.25) is 4.79 Å². The van der Waals surface area contributed by atoms with Crippen molar-refractivity contribution in [2.75, 3.05) is 31.1 Å². The van der Waals surface area contributed by atoms with E-state index in [-0.39, 0.29) is 18.1 Å². The molecule has 6 nitrogen and oxygen atoms in total. The second kappa shape index (κ2) is 9.71. The third-order valence-electron chi connectivity index (χ3n) is 6.10. The third kappa shape index (κ3) is 4.30. The van der Waals surface area contributed by atoms with Gasteiger partial charge in [-0.25, -0.2) is 0 Å². The van der Waals surface area contributed by atoms with Crippen molar-refractivity contribution in [3.05, 3.63) is 94.6 Å². The number of aliphatic hydroxyl groups excluding tert-OH is 1. The van der Waals surface area contributed by atoms with Gasteiger partial charge < -0.3 is 24.5 Å². The normalized spacial score (nSPS) is 17.0. The number of hydrogen-bond acceptors (Lipinski definition) is 6. The van der Waals surface area contributed by atoms with Crippen LogP contribution >= 0.6 is 0 Å². The lowest BCUT2D eigenvalue weighted by atomic mass is 9.95. The number of nitrogens with zero attached hydrogens (tertiary/aromatic N) is 1. The van der Waals surface area contributed by atoms with E-state index in [1.165, 1.54) is 0 Å². The first kappa shape index (κ1) is 22.2. The van der Waals surface area contributed by atoms with Crippen LogP contribution in [-0.2, 0) is 0 Å². The molecule has 1 aliphatic rings. The quantitative estimate of drug-likeness (QED) is 0.449. The zero-order valence-corrected chi connectivity index (χ0v) is 19.1. The largest absolute Gasteiger partial charge is 0.490 e. The van der Waals surface area contributed by atoms with Crippen LogP contribution in [0, 0.1) is 0 Å². The number of hydrogen-bond donors (Lipinski definition) is 2. The van der Waals surface area contributed by atoms with Crippen LogP contribution in [0.5, 0.6) is 5.75 Å². The summed E-state index contributed by atoms with van der Waals surface area (Å²) in [4.78, 5) is 16.5. The molecule has 0 aliphatic carbocycles. The lowest BCUT2D eigenvalue weighted by molar-refractivity contribution is 0.123. The van der Waals surface area contributed by atoms with Gasteiger partial charge in [0.05, 0.1) is 17.7 Å². The summed E-state index contributed by atoms with van der Waals surface area (Å²) in [5.74, 6) is 0.989. The fraction of sp³-hybridized carbons (Fsp3) is 0.250. The Morgan fingerprint density at radius 3 is 2.53 bits per heavy atom. The molecule has 174 valence electrons. The Labute approximate surface area is 198 Å². The molecular weight excluding hydrogens is 428 g/mol. The number of anilines is 1. The molecule has 2 N–H and O–H groups in total. The third-order valence-corrected chi connectivity index (χ3v) is 6.10. The summed E-state index contributed by atoms with van der Waals surface area (Å²) in [6, 6.07) is 25.0. The Morgan fingerprint density at radius 1 is 1.06 bits per heavy atom. The molecule has 2 atom stereocenters. The number of piperazine rings is 1. The molecule has 4 aromatic rings. The van der Waals surface area contributed by atoms with Gasteiger partial charge in [-0.05, 0) is 31.2 Å². The molecular formula is C28H28N2O4. The van der Waals surface area contributed by atoms with Crippen LogP contribution in [-0.4, -0.2) is 37.5 Å². The van der Waals surface area contributed by atoms with Crippen LogP contribution in [0.3, 0.4) is 0 Å². The zero-order chi connectivity index (χ0) is 23.5. The summed E-state index contributed by atoms with van der Waals surface area (Å²) >= 11 is 0. The van der Waals surface area contributed by atoms with Crippen molar-refractivity contribution in [1.29, 1.82) is 0 Å². The van der Waals surface area contributed by atoms with Crippen molar-refractivity contribution in [2.24, 2.45) is 0 Å². The minimum absolute atomic E-state index is 0.0927. The molecule has 0 spiro atoms. The fourth-order valence-corrected chi connectivity index (χ4v) is 4.55. The van der Waals surface area contributed by atoms with E-state index < -0.39 is 6.10 Å². The molecule has 1 fully saturated rings. The van der Waals surface area contributed by atoms with Crippen molar-refractivity contribution in [3.8, 4) is 17.1 Å². The minimum Gasteiger partial charge on any atom is -0.490 e. The average Bonchev–Trinajstić information content (AvgIpc) is 2.88. The van der Waals surface area contributed by atoms with Crippen LogP contribution in [0.2, 0.25) is 0 Å². The number of para-hydroxylation sites is 1. The molecule has 2 unspecified atom stereocenters. The lowest BCUT2D eigenvalue weighted by Gasteiger charge is -2.38. The highest BCUT2D eigenvalue weighted by Gasteiger charge is 2.31. The number of rotatable bonds is 6. The van der Waals surface area contributed by atoms with Gasteiger partial charge in [0.2, 0.25) is 5.43 Å². The van der Waals surface area contributed by atoms with Crippen LogP contribution < -0.4 is 20.4 Å². The van der Waals surface area contributed by atoms with E-state index in [4.69, 9.17) is 9.15 Å². The number of nitrogens with one attached hydrogen (secondary N) is 1. The van der Waals surface area contributed by atoms with Gasteiger partial charge in [-0.15, -0.1) is 0 Å². The zero-order valence-electron chi connectivity index (χ0n) is 19.1. The fourth-order valence-electron chi connectivity index (χ4n) is 4.55. The van der Waals surface area contributed by atoms with Crippen molar-refractivity contribution in [3.63, 3.8) is 0 Å². The molecule has 5 rings (SSSR count). The Balaban J connectivity index is 1.75. The van der Waals surface area contributed by atoms with E-state index in [0.29, 0.717) is 34.6 Å². The molecule has 1 aromatic heterocycles. The first-order valence-corrected chi connectivity index (χ1v) is 11.6. The predicted molar refractivity (Wildman–Crippen MR) is 134 cm³/mol. The van der Waals surface area contributed by atoms with E-state index in [1.54, 1.807) is 25.1 Å². The first-order valence-electron chi connectivity index (χ1n) is 11.6. The maximum Gasteiger partial charge on any atom is 0.202 e. The number of fused-ring (bicyclic) bond motifs is 1. The number of aliphatic hydroxyl groups is 1. The van der Waals surface area contributed by atoms with Gasteiger partial charge in [0, 0.05) is 30.9 Å². The topological polar surface area (TPSA) is 74.9 Å². The summed E-state index contributed by atoms with van der Waals surface area (Å²) in [6.45, 7) is 3.95. The first-order chi connectivity index (χ1) is 16.6. The van der Waals surface area contributed by atoms with Crippen LogP contribution in [0.4, 0.5) is 5.69 Å². The molecule has 1 saturated heterocycles. The Bertz CT molecular complexity index is 1320. The maximum atomic E-state index is 14.2. The van der Waals surface area contributed by atoms with Crippen LogP contribution in [0.1, 0.15) is 18.5 Å². The van der Waals surface area contributed by atoms with Gasteiger partial charge in [-0.2, -0.15) is 0 Å². The highest BCUT2D eigenvalue weighted by atomic mass is 16.5. The Kier molecular flexibility index (Phi) is 6.34. The summed E-state index contributed by atoms with van der Waals surface area (Å²) in [5.41, 5.74) is 2.86. The summed E-state index contributed by atoms with van der Waals surface area (Å²) < 4.78 is 12.3. The Hall–Kier alpha value is -3.61. The smallest absolute Gasteiger partial charge is 0.202 e. The molecule has 34 heavy (non-hydrogen) atoms. The van der Waals surface area contributed by atoms with Crippen molar-refractivity contribution in [1.82, 2.24) is 5.32 Å². The summed E-state index contributed by atoms with van der Waals surface area (Å²) in [5, 5.41) is 13.6. The standard InChI is InChI=1S/C28H28N2O4/c1-19(31)18-33-23-13-8-14-24-26(23)27(32)25(28(34-24)20-9-4-2-5-10-20)22-17-29-15-16-30(22)21-11-6-3-7-12-21/h2-14,19,22,29,31H,15-18H2,1H3. The van der Waals surface area contributed by atoms with Gasteiger partial charge >= 0.3 is 0 Å². The molecule has 6 heteroatoms. The van der Waals surface area contributed by atoms with E-state index in [1.807, 2.05) is 48.5 Å². The maximum absolute atomic E-state index is 14.2. The summed E-state index contributed by atoms with van der Waals surface area (Å²) in [6.07, 6.45) is -0.651. The highest BCUT2D eigenvalue weighted by molar-refractivity contribution is 5.86. The molecule has 3 aromatic carbocycles. The van der Waals surface area contributed by atoms with Crippen molar-refractivity contribution >= 4 is 16.7 Å². The van der Waals surface area contributed by atoms with Gasteiger partial charge in [0.15, 0.2) is 0 Å². The van der Waals surface area contributed by atoms with Crippen LogP contribution in [0.25, 0.3) is 22.3 Å². The number of ether oxygens (including phenoxy) is 1. The Morgan fingerprint density at radius 2 is 1.79 bits per heavy atom. The monoisotopic (exact) mass is 456 g/mol. The molecule has 0 radical (unpaired) electrons. The van der Waals surface area contributed by atoms with E-state index in [2.05, 4.69) is 22.3 Å². The van der Waals surface area contributed by atoms with Gasteiger partial charge in [-0.1, -0.05) is 54.6 Å². The second-order valence-electron chi connectivity index (χ2n) is 8.58. The average molecular weight is 457 g/mol. The van der Waals surface area contributed by atoms with E-state index >= 15 is 0 Å². The lowest BCUT2D eigenvalue weighted by Crippen LogP contribution is -2.47. The second-order valence-corrected chi connectivity index (χ2v) is 8.58. The molecule has 0 bridgehead atoms. The molecule has 0 saturated carbocycles. The number of benzene rings is 3. The van der Waals surface area contributed by atoms with Crippen molar-refractivity contribution < 1.29 is 14.3 Å². The van der Waals surface area contributed by atoms with Gasteiger partial charge in [0.1, 0.15) is 29.1 Å². The van der Waals surface area contributed by atoms with E-state index in [0.717, 1.165) is 24.3 Å². The van der Waals surface area contributed by atoms with Crippen molar-refractivity contribution in [2.45, 2.75) is 19.1 Å².